The van der Waals surface area contributed by atoms with Gasteiger partial charge in [0.25, 0.3) is 0 Å². The molecule has 0 aliphatic rings. The summed E-state index contributed by atoms with van der Waals surface area (Å²) in [7, 11) is 0. The molecule has 20 heavy (non-hydrogen) atoms. The van der Waals surface area contributed by atoms with Gasteiger partial charge in [-0.3, -0.25) is 4.79 Å². The van der Waals surface area contributed by atoms with Gasteiger partial charge >= 0.3 is 6.18 Å². The van der Waals surface area contributed by atoms with E-state index in [0.29, 0.717) is 5.56 Å². The molecule has 2 aromatic rings. The molecule has 0 saturated heterocycles. The Balaban J connectivity index is 2.28. The molecule has 0 unspecified atom stereocenters. The minimum Gasteiger partial charge on any atom is -0.457 e. The number of carbonyl (C=O) groups is 1. The van der Waals surface area contributed by atoms with Crippen molar-refractivity contribution in [2.45, 2.75) is 13.1 Å². The highest BCUT2D eigenvalue weighted by Gasteiger charge is 2.34. The maximum absolute atomic E-state index is 12.8. The van der Waals surface area contributed by atoms with E-state index in [4.69, 9.17) is 4.74 Å². The van der Waals surface area contributed by atoms with Gasteiger partial charge in [-0.05, 0) is 43.3 Å². The zero-order valence-corrected chi connectivity index (χ0v) is 10.6. The minimum atomic E-state index is -4.48. The van der Waals surface area contributed by atoms with Crippen molar-refractivity contribution in [2.75, 3.05) is 0 Å². The third kappa shape index (κ3) is 3.17. The predicted octanol–water partition coefficient (Wildman–Crippen LogP) is 4.70. The van der Waals surface area contributed by atoms with Gasteiger partial charge in [0.05, 0.1) is 5.56 Å². The summed E-state index contributed by atoms with van der Waals surface area (Å²) in [4.78, 5) is 11.1. The molecule has 0 heterocycles. The van der Waals surface area contributed by atoms with E-state index >= 15 is 0 Å². The summed E-state index contributed by atoms with van der Waals surface area (Å²) >= 11 is 0. The standard InChI is InChI=1S/C15H11F3O2/c1-10(19)11-6-8-12(9-7-11)20-14-5-3-2-4-13(14)15(16,17)18/h2-9H,1H3. The van der Waals surface area contributed by atoms with E-state index in [-0.39, 0.29) is 17.3 Å². The first kappa shape index (κ1) is 14.1. The van der Waals surface area contributed by atoms with Gasteiger partial charge in [0.15, 0.2) is 5.78 Å². The van der Waals surface area contributed by atoms with Crippen molar-refractivity contribution in [1.29, 1.82) is 0 Å². The number of ether oxygens (including phenoxy) is 1. The Labute approximate surface area is 113 Å². The normalized spacial score (nSPS) is 11.2. The lowest BCUT2D eigenvalue weighted by Gasteiger charge is -2.13. The summed E-state index contributed by atoms with van der Waals surface area (Å²) in [5, 5.41) is 0. The Bertz CT molecular complexity index is 616. The molecule has 0 atom stereocenters. The number of Topliss-reactive ketones (excluding diaryl/α,β-unsaturated/α-hetero) is 1. The van der Waals surface area contributed by atoms with Crippen LogP contribution in [0.5, 0.6) is 11.5 Å². The molecule has 0 spiro atoms. The number of ketones is 1. The van der Waals surface area contributed by atoms with Gasteiger partial charge in [0.1, 0.15) is 11.5 Å². The molecule has 0 N–H and O–H groups in total. The van der Waals surface area contributed by atoms with Crippen molar-refractivity contribution in [1.82, 2.24) is 0 Å². The molecule has 2 nitrogen and oxygen atoms in total. The molecule has 0 bridgehead atoms. The van der Waals surface area contributed by atoms with E-state index in [1.165, 1.54) is 49.4 Å². The first-order chi connectivity index (χ1) is 9.38. The summed E-state index contributed by atoms with van der Waals surface area (Å²) in [6.45, 7) is 1.41. The van der Waals surface area contributed by atoms with Gasteiger partial charge in [-0.15, -0.1) is 0 Å². The molecule has 0 aliphatic heterocycles. The molecular weight excluding hydrogens is 269 g/mol. The van der Waals surface area contributed by atoms with Crippen LogP contribution in [0.3, 0.4) is 0 Å². The third-order valence-corrected chi connectivity index (χ3v) is 2.68. The molecule has 0 fully saturated rings. The van der Waals surface area contributed by atoms with E-state index in [9.17, 15) is 18.0 Å². The SMILES string of the molecule is CC(=O)c1ccc(Oc2ccccc2C(F)(F)F)cc1. The molecule has 0 aliphatic carbocycles. The van der Waals surface area contributed by atoms with Gasteiger partial charge in [-0.1, -0.05) is 12.1 Å². The van der Waals surface area contributed by atoms with E-state index < -0.39 is 11.7 Å². The second-order valence-electron chi connectivity index (χ2n) is 4.18. The van der Waals surface area contributed by atoms with Crippen LogP contribution in [-0.2, 0) is 6.18 Å². The first-order valence-electron chi connectivity index (χ1n) is 5.83. The van der Waals surface area contributed by atoms with Crippen LogP contribution >= 0.6 is 0 Å². The van der Waals surface area contributed by atoms with E-state index in [0.717, 1.165) is 6.07 Å². The van der Waals surface area contributed by atoms with E-state index in [1.54, 1.807) is 0 Å². The Morgan fingerprint density at radius 3 is 2.15 bits per heavy atom. The van der Waals surface area contributed by atoms with Crippen molar-refractivity contribution in [3.05, 3.63) is 59.7 Å². The summed E-state index contributed by atoms with van der Waals surface area (Å²) < 4.78 is 43.6. The average molecular weight is 280 g/mol. The highest BCUT2D eigenvalue weighted by molar-refractivity contribution is 5.94. The maximum Gasteiger partial charge on any atom is 0.419 e. The minimum absolute atomic E-state index is 0.118. The van der Waals surface area contributed by atoms with Crippen LogP contribution in [0, 0.1) is 0 Å². The van der Waals surface area contributed by atoms with Crippen molar-refractivity contribution in [3.63, 3.8) is 0 Å². The number of halogens is 3. The topological polar surface area (TPSA) is 26.3 Å². The largest absolute Gasteiger partial charge is 0.457 e. The van der Waals surface area contributed by atoms with Crippen molar-refractivity contribution >= 4 is 5.78 Å². The fraction of sp³-hybridized carbons (Fsp3) is 0.133. The average Bonchev–Trinajstić information content (AvgIpc) is 2.38. The fourth-order valence-electron chi connectivity index (χ4n) is 1.67. The third-order valence-electron chi connectivity index (χ3n) is 2.68. The molecule has 0 radical (unpaired) electrons. The lowest BCUT2D eigenvalue weighted by atomic mass is 10.1. The van der Waals surface area contributed by atoms with Gasteiger partial charge < -0.3 is 4.74 Å². The summed E-state index contributed by atoms with van der Waals surface area (Å²) in [6.07, 6.45) is -4.48. The molecular formula is C15H11F3O2. The van der Waals surface area contributed by atoms with Crippen LogP contribution in [0.4, 0.5) is 13.2 Å². The van der Waals surface area contributed by atoms with Crippen LogP contribution < -0.4 is 4.74 Å². The van der Waals surface area contributed by atoms with Crippen molar-refractivity contribution in [3.8, 4) is 11.5 Å². The highest BCUT2D eigenvalue weighted by Crippen LogP contribution is 2.37. The monoisotopic (exact) mass is 280 g/mol. The van der Waals surface area contributed by atoms with Crippen molar-refractivity contribution < 1.29 is 22.7 Å². The van der Waals surface area contributed by atoms with Crippen LogP contribution in [0.15, 0.2) is 48.5 Å². The number of alkyl halides is 3. The highest BCUT2D eigenvalue weighted by atomic mass is 19.4. The van der Waals surface area contributed by atoms with Crippen molar-refractivity contribution in [2.24, 2.45) is 0 Å². The van der Waals surface area contributed by atoms with Gasteiger partial charge in [-0.2, -0.15) is 13.2 Å². The van der Waals surface area contributed by atoms with Crippen LogP contribution in [0.25, 0.3) is 0 Å². The molecule has 104 valence electrons. The lowest BCUT2D eigenvalue weighted by Crippen LogP contribution is -2.06. The van der Waals surface area contributed by atoms with Crippen LogP contribution in [0.1, 0.15) is 22.8 Å². The van der Waals surface area contributed by atoms with Crippen LogP contribution in [0.2, 0.25) is 0 Å². The number of rotatable bonds is 3. The number of benzene rings is 2. The fourth-order valence-corrected chi connectivity index (χ4v) is 1.67. The summed E-state index contributed by atoms with van der Waals surface area (Å²) in [5.74, 6) is -0.144. The summed E-state index contributed by atoms with van der Waals surface area (Å²) in [5.41, 5.74) is -0.364. The Morgan fingerprint density at radius 1 is 1.00 bits per heavy atom. The number of hydrogen-bond acceptors (Lipinski definition) is 2. The molecule has 0 saturated carbocycles. The van der Waals surface area contributed by atoms with E-state index in [2.05, 4.69) is 0 Å². The maximum atomic E-state index is 12.8. The summed E-state index contributed by atoms with van der Waals surface area (Å²) in [6, 6.07) is 10.9. The zero-order valence-electron chi connectivity index (χ0n) is 10.6. The van der Waals surface area contributed by atoms with Gasteiger partial charge in [-0.25, -0.2) is 0 Å². The number of para-hydroxylation sites is 1. The Hall–Kier alpha value is -2.30. The zero-order chi connectivity index (χ0) is 14.8. The molecule has 5 heteroatoms. The first-order valence-corrected chi connectivity index (χ1v) is 5.83. The second-order valence-corrected chi connectivity index (χ2v) is 4.18. The Morgan fingerprint density at radius 2 is 1.60 bits per heavy atom. The second kappa shape index (κ2) is 5.36. The van der Waals surface area contributed by atoms with Gasteiger partial charge in [0, 0.05) is 5.56 Å². The van der Waals surface area contributed by atoms with Gasteiger partial charge in [0.2, 0.25) is 0 Å². The van der Waals surface area contributed by atoms with E-state index in [1.807, 2.05) is 0 Å². The predicted molar refractivity (Wildman–Crippen MR) is 68.0 cm³/mol. The number of carbonyl (C=O) groups excluding carboxylic acids is 1. The quantitative estimate of drug-likeness (QED) is 0.762. The molecule has 0 aromatic heterocycles. The molecule has 0 amide bonds. The lowest BCUT2D eigenvalue weighted by molar-refractivity contribution is -0.138. The molecule has 2 aromatic carbocycles. The molecule has 2 rings (SSSR count). The number of hydrogen-bond donors (Lipinski definition) is 0. The Kier molecular flexibility index (Phi) is 3.79. The smallest absolute Gasteiger partial charge is 0.419 e. The van der Waals surface area contributed by atoms with Crippen LogP contribution in [-0.4, -0.2) is 5.78 Å².